The van der Waals surface area contributed by atoms with Crippen LogP contribution in [-0.4, -0.2) is 9.13 Å². The number of fused-ring (bicyclic) bond motifs is 6. The predicted octanol–water partition coefficient (Wildman–Crippen LogP) is 16.4. The Balaban J connectivity index is 1.20. The van der Waals surface area contributed by atoms with Crippen LogP contribution in [0.4, 0.5) is 24.5 Å². The maximum atomic E-state index is 14.1. The van der Waals surface area contributed by atoms with Gasteiger partial charge in [0.1, 0.15) is 0 Å². The Labute approximate surface area is 388 Å². The zero-order chi connectivity index (χ0) is 46.7. The van der Waals surface area contributed by atoms with E-state index in [2.05, 4.69) is 61.3 Å². The van der Waals surface area contributed by atoms with Crippen molar-refractivity contribution in [2.45, 2.75) is 6.18 Å². The van der Waals surface area contributed by atoms with Gasteiger partial charge in [0, 0.05) is 38.4 Å². The summed E-state index contributed by atoms with van der Waals surface area (Å²) < 4.78 is 46.7. The van der Waals surface area contributed by atoms with Gasteiger partial charge in [-0.2, -0.15) is 23.7 Å². The van der Waals surface area contributed by atoms with Gasteiger partial charge in [0.05, 0.1) is 64.2 Å². The molecule has 0 atom stereocenters. The van der Waals surface area contributed by atoms with Gasteiger partial charge < -0.3 is 9.13 Å². The first-order valence-electron chi connectivity index (χ1n) is 21.5. The minimum Gasteiger partial charge on any atom is -0.309 e. The number of hydrogen-bond acceptors (Lipinski definition) is 2. The summed E-state index contributed by atoms with van der Waals surface area (Å²) in [7, 11) is 0. The number of alkyl halides is 3. The first kappa shape index (κ1) is 41.1. The van der Waals surface area contributed by atoms with Crippen molar-refractivity contribution in [3.63, 3.8) is 0 Å². The van der Waals surface area contributed by atoms with Gasteiger partial charge in [0.25, 0.3) is 0 Å². The second-order valence-corrected chi connectivity index (χ2v) is 16.4. The lowest BCUT2D eigenvalue weighted by atomic mass is 9.90. The molecule has 0 saturated heterocycles. The van der Waals surface area contributed by atoms with E-state index in [1.165, 1.54) is 6.07 Å². The average molecular weight is 881 g/mol. The maximum Gasteiger partial charge on any atom is 0.415 e. The summed E-state index contributed by atoms with van der Waals surface area (Å²) in [5, 5.41) is 24.0. The molecule has 9 aromatic carbocycles. The highest BCUT2D eigenvalue weighted by Gasteiger charge is 2.31. The molecule has 0 aliphatic carbocycles. The summed E-state index contributed by atoms with van der Waals surface area (Å²) >= 11 is 0. The smallest absolute Gasteiger partial charge is 0.309 e. The standard InChI is InChI=1S/C59H31F3N6/c1-65-43-12-8-11-39(29-43)41-18-25-56-51(31-41)47-13-3-5-15-54(47)67(56)44-21-23-45(46-22-20-42(59(60,61)62)32-53(46)66-2)49(33-44)50-28-37(35-64)17-24-57(50)68-55-16-6-4-14-48(55)52-30-40(19-26-58(52)68)38-10-7-9-36(27-38)34-63/h3-33H. The molecule has 0 saturated carbocycles. The first-order chi connectivity index (χ1) is 33.1. The molecule has 0 unspecified atom stereocenters. The molecule has 0 aliphatic heterocycles. The quantitative estimate of drug-likeness (QED) is 0.156. The second-order valence-electron chi connectivity index (χ2n) is 16.4. The van der Waals surface area contributed by atoms with E-state index >= 15 is 0 Å². The SMILES string of the molecule is [C-]#[N+]c1cccc(-c2ccc3c(c2)c2ccccc2n3-c2ccc(-c3ccc(C(F)(F)F)cc3[N+]#[C-])c(-c3cc(C#N)ccc3-n3c4ccccc4c4cc(-c5cccc(C#N)c5)ccc43)c2)c1. The number of hydrogen-bond donors (Lipinski definition) is 0. The molecule has 9 heteroatoms. The van der Waals surface area contributed by atoms with Crippen LogP contribution in [0.25, 0.3) is 109 Å². The molecular weight excluding hydrogens is 850 g/mol. The van der Waals surface area contributed by atoms with E-state index in [0.717, 1.165) is 83.7 Å². The van der Waals surface area contributed by atoms with Gasteiger partial charge in [-0.05, 0) is 130 Å². The molecule has 2 aromatic heterocycles. The fourth-order valence-electron chi connectivity index (χ4n) is 9.54. The molecule has 11 aromatic rings. The molecule has 0 radical (unpaired) electrons. The lowest BCUT2D eigenvalue weighted by Gasteiger charge is -2.20. The van der Waals surface area contributed by atoms with Crippen LogP contribution >= 0.6 is 0 Å². The number of para-hydroxylation sites is 2. The van der Waals surface area contributed by atoms with E-state index in [-0.39, 0.29) is 5.69 Å². The van der Waals surface area contributed by atoms with Crippen LogP contribution in [0.3, 0.4) is 0 Å². The van der Waals surface area contributed by atoms with Crippen molar-refractivity contribution in [2.24, 2.45) is 0 Å². The van der Waals surface area contributed by atoms with Crippen LogP contribution < -0.4 is 0 Å². The number of nitriles is 2. The van der Waals surface area contributed by atoms with E-state index in [1.807, 2.05) is 115 Å². The van der Waals surface area contributed by atoms with Crippen LogP contribution in [0.1, 0.15) is 16.7 Å². The average Bonchev–Trinajstić information content (AvgIpc) is 3.90. The Morgan fingerprint density at radius 2 is 1.01 bits per heavy atom. The van der Waals surface area contributed by atoms with Crippen LogP contribution in [0, 0.1) is 35.8 Å². The second kappa shape index (κ2) is 16.1. The zero-order valence-corrected chi connectivity index (χ0v) is 35.7. The molecule has 0 spiro atoms. The van der Waals surface area contributed by atoms with Crippen LogP contribution in [0.5, 0.6) is 0 Å². The van der Waals surface area contributed by atoms with E-state index in [4.69, 9.17) is 13.1 Å². The van der Waals surface area contributed by atoms with Gasteiger partial charge in [-0.3, -0.25) is 0 Å². The summed E-state index contributed by atoms with van der Waals surface area (Å²) in [4.78, 5) is 7.27. The molecule has 0 bridgehead atoms. The summed E-state index contributed by atoms with van der Waals surface area (Å²) in [5.74, 6) is 0. The molecule has 11 rings (SSSR count). The molecule has 2 heterocycles. The summed E-state index contributed by atoms with van der Waals surface area (Å²) in [6.07, 6.45) is -4.66. The molecule has 0 N–H and O–H groups in total. The molecule has 6 nitrogen and oxygen atoms in total. The van der Waals surface area contributed by atoms with Crippen molar-refractivity contribution in [3.05, 3.63) is 228 Å². The summed E-state index contributed by atoms with van der Waals surface area (Å²) in [6.45, 7) is 15.7. The van der Waals surface area contributed by atoms with E-state index in [1.54, 1.807) is 24.3 Å². The number of nitrogens with zero attached hydrogens (tertiary/aromatic N) is 6. The zero-order valence-electron chi connectivity index (χ0n) is 35.7. The highest BCUT2D eigenvalue weighted by molar-refractivity contribution is 6.12. The third-order valence-corrected chi connectivity index (χ3v) is 12.6. The Kier molecular flexibility index (Phi) is 9.72. The van der Waals surface area contributed by atoms with Crippen LogP contribution in [0.2, 0.25) is 0 Å². The first-order valence-corrected chi connectivity index (χ1v) is 21.5. The molecule has 68 heavy (non-hydrogen) atoms. The summed E-state index contributed by atoms with van der Waals surface area (Å²) in [6, 6.07) is 62.5. The molecule has 0 fully saturated rings. The van der Waals surface area contributed by atoms with Crippen molar-refractivity contribution in [1.29, 1.82) is 10.5 Å². The summed E-state index contributed by atoms with van der Waals surface area (Å²) in [5.41, 5.74) is 11.1. The van der Waals surface area contributed by atoms with Crippen molar-refractivity contribution in [2.75, 3.05) is 0 Å². The van der Waals surface area contributed by atoms with Gasteiger partial charge in [-0.25, -0.2) is 9.69 Å². The molecule has 318 valence electrons. The Bertz CT molecular complexity index is 4090. The van der Waals surface area contributed by atoms with Crippen LogP contribution in [0.15, 0.2) is 188 Å². The molecule has 0 aliphatic rings. The maximum absolute atomic E-state index is 14.1. The third kappa shape index (κ3) is 6.79. The topological polar surface area (TPSA) is 66.2 Å². The van der Waals surface area contributed by atoms with Gasteiger partial charge in [-0.15, -0.1) is 0 Å². The Hall–Kier alpha value is -9.67. The Morgan fingerprint density at radius 3 is 1.68 bits per heavy atom. The normalized spacial score (nSPS) is 11.4. The van der Waals surface area contributed by atoms with Crippen LogP contribution in [-0.2, 0) is 6.18 Å². The highest BCUT2D eigenvalue weighted by Crippen LogP contribution is 2.46. The van der Waals surface area contributed by atoms with Gasteiger partial charge in [0.15, 0.2) is 11.4 Å². The predicted molar refractivity (Wildman–Crippen MR) is 264 cm³/mol. The highest BCUT2D eigenvalue weighted by atomic mass is 19.4. The lowest BCUT2D eigenvalue weighted by Crippen LogP contribution is -2.04. The minimum absolute atomic E-state index is 0.164. The van der Waals surface area contributed by atoms with E-state index in [9.17, 15) is 23.7 Å². The number of benzene rings is 9. The lowest BCUT2D eigenvalue weighted by molar-refractivity contribution is -0.137. The monoisotopic (exact) mass is 880 g/mol. The van der Waals surface area contributed by atoms with Crippen molar-refractivity contribution >= 4 is 55.0 Å². The van der Waals surface area contributed by atoms with Gasteiger partial charge >= 0.3 is 6.18 Å². The van der Waals surface area contributed by atoms with Gasteiger partial charge in [0.2, 0.25) is 0 Å². The fraction of sp³-hybridized carbons (Fsp3) is 0.0169. The number of aromatic nitrogens is 2. The largest absolute Gasteiger partial charge is 0.415 e. The van der Waals surface area contributed by atoms with E-state index < -0.39 is 11.7 Å². The van der Waals surface area contributed by atoms with Crippen molar-refractivity contribution in [1.82, 2.24) is 9.13 Å². The Morgan fingerprint density at radius 1 is 0.426 bits per heavy atom. The minimum atomic E-state index is -4.66. The number of halogens is 3. The van der Waals surface area contributed by atoms with Gasteiger partial charge in [-0.1, -0.05) is 97.1 Å². The number of rotatable bonds is 6. The fourth-order valence-corrected chi connectivity index (χ4v) is 9.54. The molecular formula is C59H31F3N6. The van der Waals surface area contributed by atoms with Crippen molar-refractivity contribution < 1.29 is 13.2 Å². The van der Waals surface area contributed by atoms with Crippen molar-refractivity contribution in [3.8, 4) is 68.0 Å². The third-order valence-electron chi connectivity index (χ3n) is 12.6. The van der Waals surface area contributed by atoms with E-state index in [0.29, 0.717) is 44.8 Å². The molecule has 0 amide bonds.